The van der Waals surface area contributed by atoms with Crippen molar-refractivity contribution in [2.24, 2.45) is 0 Å². The molecule has 0 spiro atoms. The van der Waals surface area contributed by atoms with E-state index in [1.54, 1.807) is 36.4 Å². The standard InChI is InChI=1S/C14H9Cl2IO3/c15-11-3-1-8(5-12(11)16)7-20-13-4-2-9(17)6-10(13)14(18)19/h1-6H,7H2,(H,18,19). The lowest BCUT2D eigenvalue weighted by molar-refractivity contribution is 0.0691. The molecule has 0 amide bonds. The fourth-order valence-electron chi connectivity index (χ4n) is 1.59. The molecule has 2 rings (SSSR count). The van der Waals surface area contributed by atoms with Crippen molar-refractivity contribution < 1.29 is 14.6 Å². The number of carbonyl (C=O) groups is 1. The molecule has 0 aromatic heterocycles. The third-order valence-electron chi connectivity index (χ3n) is 2.55. The predicted octanol–water partition coefficient (Wildman–Crippen LogP) is 4.88. The molecule has 0 fully saturated rings. The summed E-state index contributed by atoms with van der Waals surface area (Å²) in [7, 11) is 0. The molecule has 0 aliphatic rings. The fourth-order valence-corrected chi connectivity index (χ4v) is 2.40. The number of benzene rings is 2. The minimum atomic E-state index is -1.02. The van der Waals surface area contributed by atoms with E-state index in [1.807, 2.05) is 0 Å². The molecule has 0 unspecified atom stereocenters. The Morgan fingerprint density at radius 3 is 2.55 bits per heavy atom. The molecule has 2 aromatic carbocycles. The fraction of sp³-hybridized carbons (Fsp3) is 0.0714. The highest BCUT2D eigenvalue weighted by Gasteiger charge is 2.12. The van der Waals surface area contributed by atoms with E-state index in [1.165, 1.54) is 0 Å². The van der Waals surface area contributed by atoms with E-state index < -0.39 is 5.97 Å². The molecule has 0 saturated heterocycles. The minimum absolute atomic E-state index is 0.136. The minimum Gasteiger partial charge on any atom is -0.488 e. The molecule has 0 bridgehead atoms. The number of carboxylic acid groups (broad SMARTS) is 1. The van der Waals surface area contributed by atoms with Gasteiger partial charge in [-0.2, -0.15) is 0 Å². The van der Waals surface area contributed by atoms with Crippen LogP contribution < -0.4 is 4.74 Å². The van der Waals surface area contributed by atoms with Crippen LogP contribution in [0.2, 0.25) is 10.0 Å². The van der Waals surface area contributed by atoms with E-state index in [4.69, 9.17) is 33.0 Å². The third kappa shape index (κ3) is 3.77. The highest BCUT2D eigenvalue weighted by Crippen LogP contribution is 2.25. The van der Waals surface area contributed by atoms with Gasteiger partial charge in [0, 0.05) is 3.57 Å². The van der Waals surface area contributed by atoms with Gasteiger partial charge in [-0.3, -0.25) is 0 Å². The van der Waals surface area contributed by atoms with Crippen molar-refractivity contribution in [3.63, 3.8) is 0 Å². The molecular weight excluding hydrogens is 414 g/mol. The van der Waals surface area contributed by atoms with Crippen LogP contribution in [-0.2, 0) is 6.61 Å². The van der Waals surface area contributed by atoms with Crippen LogP contribution in [0.3, 0.4) is 0 Å². The van der Waals surface area contributed by atoms with Crippen molar-refractivity contribution in [3.8, 4) is 5.75 Å². The summed E-state index contributed by atoms with van der Waals surface area (Å²) in [6.07, 6.45) is 0. The third-order valence-corrected chi connectivity index (χ3v) is 3.96. The summed E-state index contributed by atoms with van der Waals surface area (Å²) in [4.78, 5) is 11.2. The summed E-state index contributed by atoms with van der Waals surface area (Å²) in [6, 6.07) is 10.1. The van der Waals surface area contributed by atoms with Crippen LogP contribution in [0.5, 0.6) is 5.75 Å². The van der Waals surface area contributed by atoms with Gasteiger partial charge in [0.25, 0.3) is 0 Å². The van der Waals surface area contributed by atoms with Gasteiger partial charge >= 0.3 is 5.97 Å². The second kappa shape index (κ2) is 6.65. The molecule has 6 heteroatoms. The van der Waals surface area contributed by atoms with Crippen molar-refractivity contribution in [1.82, 2.24) is 0 Å². The van der Waals surface area contributed by atoms with Crippen LogP contribution >= 0.6 is 45.8 Å². The maximum Gasteiger partial charge on any atom is 0.339 e. The Morgan fingerprint density at radius 2 is 1.90 bits per heavy atom. The molecule has 0 aliphatic carbocycles. The second-order valence-electron chi connectivity index (χ2n) is 3.98. The number of hydrogen-bond donors (Lipinski definition) is 1. The highest BCUT2D eigenvalue weighted by atomic mass is 127. The second-order valence-corrected chi connectivity index (χ2v) is 6.04. The number of halogens is 3. The summed E-state index contributed by atoms with van der Waals surface area (Å²) in [5, 5.41) is 10.1. The van der Waals surface area contributed by atoms with Crippen molar-refractivity contribution in [2.75, 3.05) is 0 Å². The Labute approximate surface area is 139 Å². The molecule has 3 nitrogen and oxygen atoms in total. The average molecular weight is 423 g/mol. The zero-order chi connectivity index (χ0) is 14.7. The van der Waals surface area contributed by atoms with Crippen LogP contribution in [0.15, 0.2) is 36.4 Å². The van der Waals surface area contributed by atoms with Crippen LogP contribution in [0.4, 0.5) is 0 Å². The first kappa shape index (κ1) is 15.4. The lowest BCUT2D eigenvalue weighted by atomic mass is 10.2. The molecule has 2 aromatic rings. The molecule has 0 atom stereocenters. The SMILES string of the molecule is O=C(O)c1cc(I)ccc1OCc1ccc(Cl)c(Cl)c1. The molecule has 0 aliphatic heterocycles. The van der Waals surface area contributed by atoms with E-state index in [9.17, 15) is 4.79 Å². The van der Waals surface area contributed by atoms with E-state index in [2.05, 4.69) is 22.6 Å². The maximum absolute atomic E-state index is 11.2. The largest absolute Gasteiger partial charge is 0.488 e. The first-order valence-electron chi connectivity index (χ1n) is 5.57. The van der Waals surface area contributed by atoms with Crippen molar-refractivity contribution >= 4 is 51.8 Å². The average Bonchev–Trinajstić information content (AvgIpc) is 2.41. The van der Waals surface area contributed by atoms with Crippen LogP contribution in [0.1, 0.15) is 15.9 Å². The molecule has 0 saturated carbocycles. The Morgan fingerprint density at radius 1 is 1.15 bits per heavy atom. The van der Waals surface area contributed by atoms with Gasteiger partial charge in [-0.15, -0.1) is 0 Å². The van der Waals surface area contributed by atoms with Crippen molar-refractivity contribution in [1.29, 1.82) is 0 Å². The van der Waals surface area contributed by atoms with Gasteiger partial charge in [0.05, 0.1) is 10.0 Å². The summed E-state index contributed by atoms with van der Waals surface area (Å²) in [5.41, 5.74) is 0.950. The van der Waals surface area contributed by atoms with Gasteiger partial charge in [-0.25, -0.2) is 4.79 Å². The van der Waals surface area contributed by atoms with Gasteiger partial charge in [0.15, 0.2) is 0 Å². The van der Waals surface area contributed by atoms with E-state index >= 15 is 0 Å². The number of ether oxygens (including phenoxy) is 1. The maximum atomic E-state index is 11.2. The molecule has 1 N–H and O–H groups in total. The highest BCUT2D eigenvalue weighted by molar-refractivity contribution is 14.1. The quantitative estimate of drug-likeness (QED) is 0.714. The normalized spacial score (nSPS) is 10.3. The first-order valence-corrected chi connectivity index (χ1v) is 7.40. The lowest BCUT2D eigenvalue weighted by Crippen LogP contribution is -2.04. The molecule has 20 heavy (non-hydrogen) atoms. The molecule has 104 valence electrons. The molecular formula is C14H9Cl2IO3. The van der Waals surface area contributed by atoms with E-state index in [-0.39, 0.29) is 12.2 Å². The number of carboxylic acids is 1. The first-order chi connectivity index (χ1) is 9.47. The molecule has 0 heterocycles. The van der Waals surface area contributed by atoms with Crippen LogP contribution in [-0.4, -0.2) is 11.1 Å². The smallest absolute Gasteiger partial charge is 0.339 e. The number of rotatable bonds is 4. The van der Waals surface area contributed by atoms with Crippen molar-refractivity contribution in [2.45, 2.75) is 6.61 Å². The van der Waals surface area contributed by atoms with Gasteiger partial charge in [0.1, 0.15) is 17.9 Å². The summed E-state index contributed by atoms with van der Waals surface area (Å²) in [5.74, 6) is -0.698. The zero-order valence-corrected chi connectivity index (χ0v) is 13.7. The summed E-state index contributed by atoms with van der Waals surface area (Å²) >= 11 is 13.8. The van der Waals surface area contributed by atoms with Crippen LogP contribution in [0.25, 0.3) is 0 Å². The van der Waals surface area contributed by atoms with Crippen LogP contribution in [0, 0.1) is 3.57 Å². The number of aromatic carboxylic acids is 1. The zero-order valence-electron chi connectivity index (χ0n) is 10.1. The monoisotopic (exact) mass is 422 g/mol. The molecule has 0 radical (unpaired) electrons. The predicted molar refractivity (Wildman–Crippen MR) is 86.9 cm³/mol. The van der Waals surface area contributed by atoms with Crippen molar-refractivity contribution in [3.05, 3.63) is 61.1 Å². The topological polar surface area (TPSA) is 46.5 Å². The summed E-state index contributed by atoms with van der Waals surface area (Å²) in [6.45, 7) is 0.220. The van der Waals surface area contributed by atoms with Gasteiger partial charge in [-0.1, -0.05) is 29.3 Å². The van der Waals surface area contributed by atoms with E-state index in [0.29, 0.717) is 15.8 Å². The Kier molecular flexibility index (Phi) is 5.12. The Balaban J connectivity index is 2.18. The lowest BCUT2D eigenvalue weighted by Gasteiger charge is -2.10. The number of hydrogen-bond acceptors (Lipinski definition) is 2. The van der Waals surface area contributed by atoms with E-state index in [0.717, 1.165) is 9.13 Å². The van der Waals surface area contributed by atoms with Gasteiger partial charge in [-0.05, 0) is 58.5 Å². The Hall–Kier alpha value is -0.980. The Bertz CT molecular complexity index is 659. The summed E-state index contributed by atoms with van der Waals surface area (Å²) < 4.78 is 6.38. The van der Waals surface area contributed by atoms with Gasteiger partial charge < -0.3 is 9.84 Å². The van der Waals surface area contributed by atoms with Gasteiger partial charge in [0.2, 0.25) is 0 Å².